The van der Waals surface area contributed by atoms with E-state index in [1.165, 1.54) is 0 Å². The Morgan fingerprint density at radius 3 is 2.96 bits per heavy atom. The number of nitrogens with zero attached hydrogens (tertiary/aromatic N) is 3. The number of para-hydroxylation sites is 2. The molecule has 5 nitrogen and oxygen atoms in total. The van der Waals surface area contributed by atoms with Crippen LogP contribution in [0.15, 0.2) is 24.3 Å². The summed E-state index contributed by atoms with van der Waals surface area (Å²) in [6.07, 6.45) is 4.76. The van der Waals surface area contributed by atoms with Crippen molar-refractivity contribution in [3.05, 3.63) is 30.1 Å². The molecule has 1 aromatic heterocycles. The van der Waals surface area contributed by atoms with Gasteiger partial charge in [0.1, 0.15) is 5.82 Å². The molecule has 1 amide bonds. The number of aromatic nitrogens is 2. The van der Waals surface area contributed by atoms with E-state index in [-0.39, 0.29) is 18.1 Å². The van der Waals surface area contributed by atoms with Crippen LogP contribution in [0.3, 0.4) is 0 Å². The molecular formula is C18H23N3O2. The van der Waals surface area contributed by atoms with Crippen LogP contribution in [0.25, 0.3) is 11.0 Å². The van der Waals surface area contributed by atoms with Crippen LogP contribution in [-0.4, -0.2) is 39.6 Å². The Hall–Kier alpha value is -1.88. The minimum Gasteiger partial charge on any atom is -0.378 e. The van der Waals surface area contributed by atoms with Crippen molar-refractivity contribution in [1.29, 1.82) is 0 Å². The summed E-state index contributed by atoms with van der Waals surface area (Å²) in [4.78, 5) is 19.5. The van der Waals surface area contributed by atoms with Gasteiger partial charge >= 0.3 is 0 Å². The fraction of sp³-hybridized carbons (Fsp3) is 0.556. The highest BCUT2D eigenvalue weighted by atomic mass is 16.5. The topological polar surface area (TPSA) is 47.4 Å². The monoisotopic (exact) mass is 313 g/mol. The molecule has 0 radical (unpaired) electrons. The van der Waals surface area contributed by atoms with Crippen LogP contribution >= 0.6 is 0 Å². The first kappa shape index (κ1) is 14.7. The van der Waals surface area contributed by atoms with Crippen LogP contribution in [0.4, 0.5) is 0 Å². The van der Waals surface area contributed by atoms with Crippen molar-refractivity contribution >= 4 is 16.9 Å². The summed E-state index contributed by atoms with van der Waals surface area (Å²) < 4.78 is 7.76. The Morgan fingerprint density at radius 2 is 2.17 bits per heavy atom. The summed E-state index contributed by atoms with van der Waals surface area (Å²) in [5.74, 6) is 1.22. The lowest BCUT2D eigenvalue weighted by Crippen LogP contribution is -2.34. The quantitative estimate of drug-likeness (QED) is 0.875. The molecule has 0 saturated carbocycles. The van der Waals surface area contributed by atoms with Crippen molar-refractivity contribution in [2.45, 2.75) is 44.2 Å². The molecule has 122 valence electrons. The lowest BCUT2D eigenvalue weighted by atomic mass is 10.1. The molecule has 0 spiro atoms. The molecule has 0 bridgehead atoms. The maximum Gasteiger partial charge on any atom is 0.225 e. The fourth-order valence-corrected chi connectivity index (χ4v) is 3.91. The van der Waals surface area contributed by atoms with E-state index in [1.807, 2.05) is 30.1 Å². The Balaban J connectivity index is 1.58. The number of likely N-dealkylation sites (tertiary alicyclic amines) is 1. The minimum atomic E-state index is 0.0984. The van der Waals surface area contributed by atoms with Crippen molar-refractivity contribution in [2.75, 3.05) is 13.2 Å². The largest absolute Gasteiger partial charge is 0.378 e. The maximum absolute atomic E-state index is 12.7. The van der Waals surface area contributed by atoms with E-state index in [0.717, 1.165) is 55.7 Å². The van der Waals surface area contributed by atoms with Gasteiger partial charge in [0.25, 0.3) is 0 Å². The van der Waals surface area contributed by atoms with Gasteiger partial charge in [-0.2, -0.15) is 0 Å². The molecule has 2 aromatic rings. The molecule has 3 heterocycles. The number of hydrogen-bond acceptors (Lipinski definition) is 3. The summed E-state index contributed by atoms with van der Waals surface area (Å²) in [6, 6.07) is 8.25. The first-order chi connectivity index (χ1) is 11.2. The van der Waals surface area contributed by atoms with Crippen LogP contribution in [0, 0.1) is 0 Å². The molecule has 0 N–H and O–H groups in total. The van der Waals surface area contributed by atoms with Gasteiger partial charge in [0.05, 0.1) is 29.6 Å². The molecule has 2 atom stereocenters. The minimum absolute atomic E-state index is 0.0984. The zero-order valence-electron chi connectivity index (χ0n) is 13.6. The highest BCUT2D eigenvalue weighted by Crippen LogP contribution is 2.34. The Kier molecular flexibility index (Phi) is 3.81. The molecule has 1 aromatic carbocycles. The number of ether oxygens (including phenoxy) is 1. The lowest BCUT2D eigenvalue weighted by Gasteiger charge is -2.25. The van der Waals surface area contributed by atoms with Crippen LogP contribution in [0.2, 0.25) is 0 Å². The number of carbonyl (C=O) groups excluding carboxylic acids is 1. The highest BCUT2D eigenvalue weighted by Gasteiger charge is 2.34. The summed E-state index contributed by atoms with van der Waals surface area (Å²) in [5, 5.41) is 0. The molecule has 5 heteroatoms. The van der Waals surface area contributed by atoms with E-state index in [9.17, 15) is 4.79 Å². The van der Waals surface area contributed by atoms with Gasteiger partial charge in [0, 0.05) is 20.2 Å². The third-order valence-electron chi connectivity index (χ3n) is 5.12. The van der Waals surface area contributed by atoms with E-state index in [4.69, 9.17) is 9.72 Å². The molecule has 4 rings (SSSR count). The maximum atomic E-state index is 12.7. The zero-order chi connectivity index (χ0) is 15.8. The van der Waals surface area contributed by atoms with Gasteiger partial charge in [0.2, 0.25) is 5.91 Å². The van der Waals surface area contributed by atoms with Gasteiger partial charge in [-0.3, -0.25) is 4.79 Å². The predicted octanol–water partition coefficient (Wildman–Crippen LogP) is 2.81. The van der Waals surface area contributed by atoms with E-state index in [0.29, 0.717) is 6.42 Å². The van der Waals surface area contributed by atoms with E-state index >= 15 is 0 Å². The second-order valence-corrected chi connectivity index (χ2v) is 6.60. The van der Waals surface area contributed by atoms with Crippen molar-refractivity contribution in [3.63, 3.8) is 0 Å². The number of hydrogen-bond donors (Lipinski definition) is 0. The van der Waals surface area contributed by atoms with Crippen LogP contribution in [0.1, 0.15) is 44.0 Å². The van der Waals surface area contributed by atoms with E-state index < -0.39 is 0 Å². The third-order valence-corrected chi connectivity index (χ3v) is 5.12. The Morgan fingerprint density at radius 1 is 1.30 bits per heavy atom. The molecule has 2 aliphatic rings. The Bertz CT molecular complexity index is 718. The van der Waals surface area contributed by atoms with Crippen LogP contribution in [0.5, 0.6) is 0 Å². The summed E-state index contributed by atoms with van der Waals surface area (Å²) >= 11 is 0. The van der Waals surface area contributed by atoms with Crippen LogP contribution < -0.4 is 0 Å². The fourth-order valence-electron chi connectivity index (χ4n) is 3.91. The number of fused-ring (bicyclic) bond motifs is 1. The normalized spacial score (nSPS) is 24.7. The van der Waals surface area contributed by atoms with Gasteiger partial charge in [-0.05, 0) is 37.8 Å². The van der Waals surface area contributed by atoms with Crippen molar-refractivity contribution in [2.24, 2.45) is 7.05 Å². The van der Waals surface area contributed by atoms with Crippen molar-refractivity contribution in [3.8, 4) is 0 Å². The van der Waals surface area contributed by atoms with Gasteiger partial charge in [0.15, 0.2) is 0 Å². The lowest BCUT2D eigenvalue weighted by molar-refractivity contribution is -0.134. The summed E-state index contributed by atoms with van der Waals surface area (Å²) in [5.41, 5.74) is 2.13. The van der Waals surface area contributed by atoms with E-state index in [2.05, 4.69) is 10.6 Å². The molecule has 0 unspecified atom stereocenters. The smallest absolute Gasteiger partial charge is 0.225 e. The first-order valence-corrected chi connectivity index (χ1v) is 8.56. The molecule has 2 aliphatic heterocycles. The second kappa shape index (κ2) is 5.96. The molecule has 2 fully saturated rings. The van der Waals surface area contributed by atoms with Crippen molar-refractivity contribution in [1.82, 2.24) is 14.5 Å². The molecular weight excluding hydrogens is 290 g/mol. The predicted molar refractivity (Wildman–Crippen MR) is 88.0 cm³/mol. The number of aryl methyl sites for hydroxylation is 1. The summed E-state index contributed by atoms with van der Waals surface area (Å²) in [6.45, 7) is 1.63. The van der Waals surface area contributed by atoms with Gasteiger partial charge in [-0.15, -0.1) is 0 Å². The first-order valence-electron chi connectivity index (χ1n) is 8.56. The average Bonchev–Trinajstić information content (AvgIpc) is 3.27. The van der Waals surface area contributed by atoms with Gasteiger partial charge in [-0.1, -0.05) is 12.1 Å². The average molecular weight is 313 g/mol. The molecule has 0 aliphatic carbocycles. The van der Waals surface area contributed by atoms with Gasteiger partial charge < -0.3 is 14.2 Å². The Labute approximate surface area is 136 Å². The number of carbonyl (C=O) groups is 1. The highest BCUT2D eigenvalue weighted by molar-refractivity contribution is 5.78. The number of imidazole rings is 1. The van der Waals surface area contributed by atoms with Crippen LogP contribution in [-0.2, 0) is 16.6 Å². The number of amides is 1. The SMILES string of the molecule is Cn1c([C@H]2CCCN2C(=O)C[C@@H]2CCCO2)nc2ccccc21. The standard InChI is InChI=1S/C18H23N3O2/c1-20-15-8-3-2-7-14(15)19-18(20)16-9-4-10-21(16)17(22)12-13-6-5-11-23-13/h2-3,7-8,13,16H,4-6,9-12H2,1H3/t13-,16+/m0/s1. The van der Waals surface area contributed by atoms with E-state index in [1.54, 1.807) is 0 Å². The van der Waals surface area contributed by atoms with Gasteiger partial charge in [-0.25, -0.2) is 4.98 Å². The number of rotatable bonds is 3. The second-order valence-electron chi connectivity index (χ2n) is 6.60. The summed E-state index contributed by atoms with van der Waals surface area (Å²) in [7, 11) is 2.05. The molecule has 23 heavy (non-hydrogen) atoms. The zero-order valence-corrected chi connectivity index (χ0v) is 13.6. The van der Waals surface area contributed by atoms with Crippen molar-refractivity contribution < 1.29 is 9.53 Å². The number of benzene rings is 1. The third kappa shape index (κ3) is 2.63. The molecule has 2 saturated heterocycles.